The summed E-state index contributed by atoms with van der Waals surface area (Å²) in [6.07, 6.45) is 1.76. The van der Waals surface area contributed by atoms with Gasteiger partial charge in [0.25, 0.3) is 5.69 Å². The molecule has 24 heavy (non-hydrogen) atoms. The Bertz CT molecular complexity index is 689. The minimum atomic E-state index is -0.461. The highest BCUT2D eigenvalue weighted by Crippen LogP contribution is 2.16. The van der Waals surface area contributed by atoms with Gasteiger partial charge >= 0.3 is 0 Å². The zero-order valence-corrected chi connectivity index (χ0v) is 13.6. The molecular weight excluding hydrogens is 306 g/mol. The van der Waals surface area contributed by atoms with Crippen LogP contribution in [-0.4, -0.2) is 23.4 Å². The Morgan fingerprint density at radius 2 is 1.92 bits per heavy atom. The fourth-order valence-electron chi connectivity index (χ4n) is 2.34. The number of nitro groups is 1. The highest BCUT2D eigenvalue weighted by Gasteiger charge is 2.09. The Morgan fingerprint density at radius 3 is 2.62 bits per heavy atom. The van der Waals surface area contributed by atoms with Crippen LogP contribution in [-0.2, 0) is 11.2 Å². The first-order chi connectivity index (χ1) is 11.5. The average Bonchev–Trinajstić information content (AvgIpc) is 2.59. The van der Waals surface area contributed by atoms with Gasteiger partial charge in [0.05, 0.1) is 11.5 Å². The molecule has 2 aromatic rings. The predicted octanol–water partition coefficient (Wildman–Crippen LogP) is 3.14. The average molecular weight is 327 g/mol. The number of carbonyl (C=O) groups is 1. The lowest BCUT2D eigenvalue weighted by atomic mass is 10.1. The molecule has 0 aromatic heterocycles. The molecule has 0 fully saturated rings. The number of rotatable bonds is 8. The van der Waals surface area contributed by atoms with Crippen molar-refractivity contribution in [2.75, 3.05) is 11.9 Å². The first-order valence-corrected chi connectivity index (χ1v) is 7.86. The lowest BCUT2D eigenvalue weighted by Gasteiger charge is -2.14. The maximum Gasteiger partial charge on any atom is 0.271 e. The molecule has 0 aliphatic carbocycles. The van der Waals surface area contributed by atoms with E-state index in [1.807, 2.05) is 25.1 Å². The van der Waals surface area contributed by atoms with E-state index in [0.717, 1.165) is 12.8 Å². The van der Waals surface area contributed by atoms with Crippen molar-refractivity contribution in [1.82, 2.24) is 5.32 Å². The van der Waals surface area contributed by atoms with E-state index in [1.54, 1.807) is 12.1 Å². The highest BCUT2D eigenvalue weighted by molar-refractivity contribution is 5.81. The molecule has 6 heteroatoms. The highest BCUT2D eigenvalue weighted by atomic mass is 16.6. The maximum atomic E-state index is 11.9. The van der Waals surface area contributed by atoms with Gasteiger partial charge in [0.2, 0.25) is 5.91 Å². The molecule has 2 rings (SSSR count). The molecule has 0 heterocycles. The van der Waals surface area contributed by atoms with E-state index in [-0.39, 0.29) is 24.2 Å². The summed E-state index contributed by atoms with van der Waals surface area (Å²) < 4.78 is 0. The van der Waals surface area contributed by atoms with Crippen LogP contribution in [0.2, 0.25) is 0 Å². The fourth-order valence-corrected chi connectivity index (χ4v) is 2.34. The zero-order chi connectivity index (χ0) is 17.4. The Kier molecular flexibility index (Phi) is 6.31. The van der Waals surface area contributed by atoms with Crippen LogP contribution in [0.25, 0.3) is 0 Å². The van der Waals surface area contributed by atoms with E-state index in [2.05, 4.69) is 22.8 Å². The van der Waals surface area contributed by atoms with Crippen molar-refractivity contribution in [3.05, 3.63) is 70.3 Å². The van der Waals surface area contributed by atoms with Gasteiger partial charge in [-0.3, -0.25) is 14.9 Å². The van der Waals surface area contributed by atoms with Crippen molar-refractivity contribution in [1.29, 1.82) is 0 Å². The van der Waals surface area contributed by atoms with Crippen molar-refractivity contribution in [2.24, 2.45) is 0 Å². The third-order valence-corrected chi connectivity index (χ3v) is 3.63. The fraction of sp³-hybridized carbons (Fsp3) is 0.278. The summed E-state index contributed by atoms with van der Waals surface area (Å²) in [5, 5.41) is 16.5. The Labute approximate surface area is 141 Å². The second-order valence-corrected chi connectivity index (χ2v) is 5.65. The van der Waals surface area contributed by atoms with Crippen LogP contribution in [0.5, 0.6) is 0 Å². The van der Waals surface area contributed by atoms with Gasteiger partial charge in [0.15, 0.2) is 0 Å². The molecule has 0 aliphatic rings. The van der Waals surface area contributed by atoms with Crippen LogP contribution in [0, 0.1) is 10.1 Å². The molecule has 1 amide bonds. The number of nitro benzene ring substituents is 1. The molecule has 2 aromatic carbocycles. The number of nitrogens with one attached hydrogen (secondary N) is 2. The second-order valence-electron chi connectivity index (χ2n) is 5.65. The number of hydrogen-bond acceptors (Lipinski definition) is 4. The molecule has 2 N–H and O–H groups in total. The molecular formula is C18H21N3O3. The van der Waals surface area contributed by atoms with E-state index in [9.17, 15) is 14.9 Å². The van der Waals surface area contributed by atoms with Crippen molar-refractivity contribution < 1.29 is 9.72 Å². The Morgan fingerprint density at radius 1 is 1.17 bits per heavy atom. The summed E-state index contributed by atoms with van der Waals surface area (Å²) >= 11 is 0. The predicted molar refractivity (Wildman–Crippen MR) is 94.0 cm³/mol. The van der Waals surface area contributed by atoms with E-state index in [1.165, 1.54) is 17.7 Å². The lowest BCUT2D eigenvalue weighted by molar-refractivity contribution is -0.384. The summed E-state index contributed by atoms with van der Waals surface area (Å²) in [5.74, 6) is -0.137. The quantitative estimate of drug-likeness (QED) is 0.576. The summed E-state index contributed by atoms with van der Waals surface area (Å²) in [6, 6.07) is 16.3. The minimum Gasteiger partial charge on any atom is -0.376 e. The normalized spacial score (nSPS) is 11.5. The van der Waals surface area contributed by atoms with Gasteiger partial charge in [0.1, 0.15) is 0 Å². The molecule has 0 saturated carbocycles. The van der Waals surface area contributed by atoms with Gasteiger partial charge in [0, 0.05) is 23.9 Å². The second kappa shape index (κ2) is 8.67. The summed E-state index contributed by atoms with van der Waals surface area (Å²) in [5.41, 5.74) is 1.79. The van der Waals surface area contributed by atoms with Gasteiger partial charge in [-0.1, -0.05) is 36.4 Å². The largest absolute Gasteiger partial charge is 0.376 e. The number of carbonyl (C=O) groups excluding carboxylic acids is 1. The number of nitrogens with zero attached hydrogens (tertiary/aromatic N) is 1. The molecule has 0 aliphatic heterocycles. The number of benzene rings is 2. The maximum absolute atomic E-state index is 11.9. The van der Waals surface area contributed by atoms with Crippen LogP contribution in [0.3, 0.4) is 0 Å². The first-order valence-electron chi connectivity index (χ1n) is 7.86. The monoisotopic (exact) mass is 327 g/mol. The van der Waals surface area contributed by atoms with Gasteiger partial charge in [-0.05, 0) is 31.4 Å². The molecule has 6 nitrogen and oxygen atoms in total. The molecule has 1 atom stereocenters. The Hall–Kier alpha value is -2.89. The number of amides is 1. The van der Waals surface area contributed by atoms with Gasteiger partial charge in [-0.25, -0.2) is 0 Å². The number of anilines is 1. The van der Waals surface area contributed by atoms with Crippen molar-refractivity contribution >= 4 is 17.3 Å². The van der Waals surface area contributed by atoms with E-state index in [4.69, 9.17) is 0 Å². The molecule has 0 bridgehead atoms. The van der Waals surface area contributed by atoms with Crippen LogP contribution < -0.4 is 10.6 Å². The van der Waals surface area contributed by atoms with Crippen LogP contribution in [0.1, 0.15) is 18.9 Å². The SMILES string of the molecule is C[C@@H](CCc1ccccc1)NC(=O)CNc1cccc([N+](=O)[O-])c1. The van der Waals surface area contributed by atoms with Gasteiger partial charge in [-0.15, -0.1) is 0 Å². The lowest BCUT2D eigenvalue weighted by Crippen LogP contribution is -2.36. The molecule has 0 radical (unpaired) electrons. The first kappa shape index (κ1) is 17.5. The van der Waals surface area contributed by atoms with E-state index < -0.39 is 4.92 Å². The van der Waals surface area contributed by atoms with Crippen molar-refractivity contribution in [3.63, 3.8) is 0 Å². The van der Waals surface area contributed by atoms with Crippen LogP contribution >= 0.6 is 0 Å². The summed E-state index contributed by atoms with van der Waals surface area (Å²) in [6.45, 7) is 2.05. The zero-order valence-electron chi connectivity index (χ0n) is 13.6. The summed E-state index contributed by atoms with van der Waals surface area (Å²) in [7, 11) is 0. The van der Waals surface area contributed by atoms with Gasteiger partial charge < -0.3 is 10.6 Å². The van der Waals surface area contributed by atoms with Crippen LogP contribution in [0.4, 0.5) is 11.4 Å². The van der Waals surface area contributed by atoms with Gasteiger partial charge in [-0.2, -0.15) is 0 Å². The van der Waals surface area contributed by atoms with Crippen molar-refractivity contribution in [3.8, 4) is 0 Å². The van der Waals surface area contributed by atoms with E-state index >= 15 is 0 Å². The standard InChI is InChI=1S/C18H21N3O3/c1-14(10-11-15-6-3-2-4-7-15)20-18(22)13-19-16-8-5-9-17(12-16)21(23)24/h2-9,12,14,19H,10-11,13H2,1H3,(H,20,22)/t14-/m0/s1. The third kappa shape index (κ3) is 5.72. The molecule has 0 saturated heterocycles. The van der Waals surface area contributed by atoms with Crippen molar-refractivity contribution in [2.45, 2.75) is 25.8 Å². The molecule has 0 spiro atoms. The van der Waals surface area contributed by atoms with Crippen LogP contribution in [0.15, 0.2) is 54.6 Å². The molecule has 0 unspecified atom stereocenters. The minimum absolute atomic E-state index is 0.00311. The number of hydrogen-bond donors (Lipinski definition) is 2. The Balaban J connectivity index is 1.74. The summed E-state index contributed by atoms with van der Waals surface area (Å²) in [4.78, 5) is 22.2. The third-order valence-electron chi connectivity index (χ3n) is 3.63. The smallest absolute Gasteiger partial charge is 0.271 e. The number of aryl methyl sites for hydroxylation is 1. The topological polar surface area (TPSA) is 84.3 Å². The van der Waals surface area contributed by atoms with E-state index in [0.29, 0.717) is 5.69 Å². The number of non-ortho nitro benzene ring substituents is 1. The molecule has 126 valence electrons.